The van der Waals surface area contributed by atoms with Crippen molar-refractivity contribution in [3.63, 3.8) is 0 Å². The molecule has 3 aromatic carbocycles. The van der Waals surface area contributed by atoms with Gasteiger partial charge in [-0.3, -0.25) is 9.59 Å². The first-order valence-electron chi connectivity index (χ1n) is 11.6. The lowest BCUT2D eigenvalue weighted by Crippen LogP contribution is -2.49. The SMILES string of the molecule is Cc1ccccc1C(=O)N1CCN(c2ccc(NC(=O)c3ccc(C(C)C)cc3)cc2Cl)CC1. The van der Waals surface area contributed by atoms with Crippen LogP contribution in [-0.4, -0.2) is 42.9 Å². The van der Waals surface area contributed by atoms with Crippen molar-refractivity contribution in [1.82, 2.24) is 4.90 Å². The summed E-state index contributed by atoms with van der Waals surface area (Å²) in [4.78, 5) is 29.6. The number of benzene rings is 3. The molecule has 3 aromatic rings. The molecule has 34 heavy (non-hydrogen) atoms. The van der Waals surface area contributed by atoms with E-state index in [1.165, 1.54) is 5.56 Å². The summed E-state index contributed by atoms with van der Waals surface area (Å²) < 4.78 is 0. The van der Waals surface area contributed by atoms with Crippen molar-refractivity contribution in [3.8, 4) is 0 Å². The Morgan fingerprint density at radius 2 is 1.59 bits per heavy atom. The molecule has 0 aliphatic carbocycles. The van der Waals surface area contributed by atoms with E-state index in [-0.39, 0.29) is 11.8 Å². The van der Waals surface area contributed by atoms with Crippen LogP contribution >= 0.6 is 11.6 Å². The third-order valence-electron chi connectivity index (χ3n) is 6.33. The van der Waals surface area contributed by atoms with Crippen molar-refractivity contribution < 1.29 is 9.59 Å². The van der Waals surface area contributed by atoms with E-state index in [2.05, 4.69) is 24.1 Å². The van der Waals surface area contributed by atoms with Crippen LogP contribution in [0.2, 0.25) is 5.02 Å². The van der Waals surface area contributed by atoms with Gasteiger partial charge < -0.3 is 15.1 Å². The molecular formula is C28H30ClN3O2. The number of nitrogens with zero attached hydrogens (tertiary/aromatic N) is 2. The molecule has 0 radical (unpaired) electrons. The molecule has 1 heterocycles. The predicted octanol–water partition coefficient (Wildman–Crippen LogP) is 5.99. The van der Waals surface area contributed by atoms with Gasteiger partial charge in [-0.2, -0.15) is 0 Å². The number of halogens is 1. The maximum absolute atomic E-state index is 12.9. The molecule has 6 heteroatoms. The van der Waals surface area contributed by atoms with Crippen molar-refractivity contribution in [3.05, 3.63) is 94.0 Å². The van der Waals surface area contributed by atoms with Gasteiger partial charge in [-0.1, -0.05) is 55.8 Å². The Hall–Kier alpha value is -3.31. The molecule has 1 aliphatic rings. The fourth-order valence-electron chi connectivity index (χ4n) is 4.20. The van der Waals surface area contributed by atoms with Crippen LogP contribution in [0.5, 0.6) is 0 Å². The first-order valence-corrected chi connectivity index (χ1v) is 12.0. The second-order valence-electron chi connectivity index (χ2n) is 8.99. The summed E-state index contributed by atoms with van der Waals surface area (Å²) >= 11 is 6.59. The van der Waals surface area contributed by atoms with E-state index in [1.807, 2.05) is 72.5 Å². The van der Waals surface area contributed by atoms with E-state index in [4.69, 9.17) is 11.6 Å². The van der Waals surface area contributed by atoms with Crippen LogP contribution in [0, 0.1) is 6.92 Å². The van der Waals surface area contributed by atoms with E-state index < -0.39 is 0 Å². The normalized spacial score (nSPS) is 13.8. The van der Waals surface area contributed by atoms with Crippen LogP contribution in [0.3, 0.4) is 0 Å². The van der Waals surface area contributed by atoms with E-state index in [0.29, 0.717) is 48.4 Å². The number of piperazine rings is 1. The Balaban J connectivity index is 1.37. The highest BCUT2D eigenvalue weighted by molar-refractivity contribution is 6.33. The Morgan fingerprint density at radius 1 is 0.912 bits per heavy atom. The first kappa shape index (κ1) is 23.8. The number of carbonyl (C=O) groups is 2. The van der Waals surface area contributed by atoms with Gasteiger partial charge in [0.25, 0.3) is 11.8 Å². The standard InChI is InChI=1S/C28H30ClN3O2/c1-19(2)21-8-10-22(11-9-21)27(33)30-23-12-13-26(25(29)18-23)31-14-16-32(17-15-31)28(34)24-7-5-4-6-20(24)3/h4-13,18-19H,14-17H2,1-3H3,(H,30,33). The van der Waals surface area contributed by atoms with Gasteiger partial charge in [0.05, 0.1) is 10.7 Å². The zero-order valence-corrected chi connectivity index (χ0v) is 20.6. The lowest BCUT2D eigenvalue weighted by atomic mass is 10.0. The van der Waals surface area contributed by atoms with Crippen LogP contribution in [-0.2, 0) is 0 Å². The fourth-order valence-corrected chi connectivity index (χ4v) is 4.50. The number of aryl methyl sites for hydroxylation is 1. The van der Waals surface area contributed by atoms with E-state index in [9.17, 15) is 9.59 Å². The highest BCUT2D eigenvalue weighted by atomic mass is 35.5. The molecule has 0 atom stereocenters. The summed E-state index contributed by atoms with van der Waals surface area (Å²) in [6.45, 7) is 8.88. The topological polar surface area (TPSA) is 52.7 Å². The molecule has 1 aliphatic heterocycles. The van der Waals surface area contributed by atoms with Crippen LogP contribution in [0.1, 0.15) is 51.6 Å². The van der Waals surface area contributed by atoms with Gasteiger partial charge in [-0.15, -0.1) is 0 Å². The average molecular weight is 476 g/mol. The number of hydrogen-bond donors (Lipinski definition) is 1. The highest BCUT2D eigenvalue weighted by Crippen LogP contribution is 2.30. The summed E-state index contributed by atoms with van der Waals surface area (Å²) in [6, 6.07) is 20.9. The fraction of sp³-hybridized carbons (Fsp3) is 0.286. The number of carbonyl (C=O) groups excluding carboxylic acids is 2. The molecule has 1 fully saturated rings. The lowest BCUT2D eigenvalue weighted by Gasteiger charge is -2.36. The molecule has 1 N–H and O–H groups in total. The van der Waals surface area contributed by atoms with Crippen molar-refractivity contribution >= 4 is 34.8 Å². The summed E-state index contributed by atoms with van der Waals surface area (Å²) in [5, 5.41) is 3.50. The third-order valence-corrected chi connectivity index (χ3v) is 6.63. The number of nitrogens with one attached hydrogen (secondary N) is 1. The molecule has 0 spiro atoms. The molecule has 4 rings (SSSR count). The molecule has 1 saturated heterocycles. The van der Waals surface area contributed by atoms with Gasteiger partial charge in [0, 0.05) is 43.0 Å². The largest absolute Gasteiger partial charge is 0.367 e. The number of anilines is 2. The van der Waals surface area contributed by atoms with E-state index in [1.54, 1.807) is 6.07 Å². The molecule has 2 amide bonds. The molecule has 0 saturated carbocycles. The maximum atomic E-state index is 12.9. The van der Waals surface area contributed by atoms with Crippen molar-refractivity contribution in [2.75, 3.05) is 36.4 Å². The summed E-state index contributed by atoms with van der Waals surface area (Å²) in [5.74, 6) is 0.330. The van der Waals surface area contributed by atoms with Gasteiger partial charge >= 0.3 is 0 Å². The number of hydrogen-bond acceptors (Lipinski definition) is 3. The van der Waals surface area contributed by atoms with Gasteiger partial charge in [0.15, 0.2) is 0 Å². The molecular weight excluding hydrogens is 446 g/mol. The Morgan fingerprint density at radius 3 is 2.21 bits per heavy atom. The van der Waals surface area contributed by atoms with Gasteiger partial charge in [0.2, 0.25) is 0 Å². The molecule has 0 unspecified atom stereocenters. The van der Waals surface area contributed by atoms with Crippen LogP contribution in [0.25, 0.3) is 0 Å². The average Bonchev–Trinajstić information content (AvgIpc) is 2.84. The minimum atomic E-state index is -0.164. The monoisotopic (exact) mass is 475 g/mol. The van der Waals surface area contributed by atoms with Crippen molar-refractivity contribution in [1.29, 1.82) is 0 Å². The molecule has 5 nitrogen and oxygen atoms in total. The quantitative estimate of drug-likeness (QED) is 0.493. The first-order chi connectivity index (χ1) is 16.3. The zero-order valence-electron chi connectivity index (χ0n) is 19.8. The van der Waals surface area contributed by atoms with Crippen molar-refractivity contribution in [2.24, 2.45) is 0 Å². The minimum Gasteiger partial charge on any atom is -0.367 e. The lowest BCUT2D eigenvalue weighted by molar-refractivity contribution is 0.0746. The summed E-state index contributed by atoms with van der Waals surface area (Å²) in [5.41, 5.74) is 5.12. The second-order valence-corrected chi connectivity index (χ2v) is 9.40. The maximum Gasteiger partial charge on any atom is 0.255 e. The summed E-state index contributed by atoms with van der Waals surface area (Å²) in [6.07, 6.45) is 0. The molecule has 176 valence electrons. The Labute approximate surface area is 206 Å². The van der Waals surface area contributed by atoms with Gasteiger partial charge in [-0.25, -0.2) is 0 Å². The zero-order chi connectivity index (χ0) is 24.2. The Kier molecular flexibility index (Phi) is 7.23. The predicted molar refractivity (Wildman–Crippen MR) is 139 cm³/mol. The number of rotatable bonds is 5. The van der Waals surface area contributed by atoms with Gasteiger partial charge in [-0.05, 0) is 60.4 Å². The van der Waals surface area contributed by atoms with Crippen molar-refractivity contribution in [2.45, 2.75) is 26.7 Å². The molecule has 0 bridgehead atoms. The second kappa shape index (κ2) is 10.3. The smallest absolute Gasteiger partial charge is 0.255 e. The van der Waals surface area contributed by atoms with Gasteiger partial charge in [0.1, 0.15) is 0 Å². The minimum absolute atomic E-state index is 0.0725. The molecule has 0 aromatic heterocycles. The highest BCUT2D eigenvalue weighted by Gasteiger charge is 2.24. The number of amides is 2. The van der Waals surface area contributed by atoms with E-state index in [0.717, 1.165) is 16.8 Å². The Bertz CT molecular complexity index is 1180. The third kappa shape index (κ3) is 5.26. The van der Waals surface area contributed by atoms with Crippen LogP contribution in [0.4, 0.5) is 11.4 Å². The van der Waals surface area contributed by atoms with Crippen LogP contribution in [0.15, 0.2) is 66.7 Å². The summed E-state index contributed by atoms with van der Waals surface area (Å²) in [7, 11) is 0. The van der Waals surface area contributed by atoms with Crippen LogP contribution < -0.4 is 10.2 Å². The van der Waals surface area contributed by atoms with E-state index >= 15 is 0 Å².